The number of carbonyl (C=O) groups excluding carboxylic acids is 1. The maximum absolute atomic E-state index is 12.5. The van der Waals surface area contributed by atoms with Gasteiger partial charge in [-0.25, -0.2) is 13.1 Å². The minimum absolute atomic E-state index is 0.168. The van der Waals surface area contributed by atoms with Crippen molar-refractivity contribution < 1.29 is 13.2 Å². The van der Waals surface area contributed by atoms with Crippen LogP contribution in [0.3, 0.4) is 0 Å². The van der Waals surface area contributed by atoms with Crippen LogP contribution >= 0.6 is 0 Å². The highest BCUT2D eigenvalue weighted by Crippen LogP contribution is 2.26. The van der Waals surface area contributed by atoms with Crippen molar-refractivity contribution in [1.82, 2.24) is 4.72 Å². The minimum Gasteiger partial charge on any atom is -0.362 e. The first-order valence-corrected chi connectivity index (χ1v) is 10.1. The Morgan fingerprint density at radius 3 is 2.73 bits per heavy atom. The highest BCUT2D eigenvalue weighted by molar-refractivity contribution is 7.89. The molecule has 0 saturated heterocycles. The lowest BCUT2D eigenvalue weighted by atomic mass is 10.0. The molecule has 0 bridgehead atoms. The third kappa shape index (κ3) is 3.89. The molecule has 0 aromatic heterocycles. The van der Waals surface area contributed by atoms with Gasteiger partial charge < -0.3 is 10.2 Å². The Bertz CT molecular complexity index is 925. The second-order valence-electron chi connectivity index (χ2n) is 6.39. The van der Waals surface area contributed by atoms with Crippen molar-refractivity contribution in [2.24, 2.45) is 0 Å². The zero-order valence-electron chi connectivity index (χ0n) is 15.0. The average Bonchev–Trinajstić information content (AvgIpc) is 2.63. The van der Waals surface area contributed by atoms with E-state index in [0.29, 0.717) is 11.3 Å². The van der Waals surface area contributed by atoms with Gasteiger partial charge in [-0.1, -0.05) is 24.3 Å². The monoisotopic (exact) mass is 373 g/mol. The van der Waals surface area contributed by atoms with Gasteiger partial charge in [0.2, 0.25) is 15.9 Å². The molecule has 1 heterocycles. The molecule has 138 valence electrons. The highest BCUT2D eigenvalue weighted by Gasteiger charge is 2.20. The van der Waals surface area contributed by atoms with Crippen LogP contribution in [0.5, 0.6) is 0 Å². The Balaban J connectivity index is 1.75. The number of fused-ring (bicyclic) bond motifs is 1. The maximum atomic E-state index is 12.5. The molecule has 26 heavy (non-hydrogen) atoms. The van der Waals surface area contributed by atoms with Crippen molar-refractivity contribution in [2.45, 2.75) is 24.7 Å². The average molecular weight is 373 g/mol. The van der Waals surface area contributed by atoms with Gasteiger partial charge in [-0.2, -0.15) is 0 Å². The van der Waals surface area contributed by atoms with Gasteiger partial charge in [0.25, 0.3) is 0 Å². The number of benzene rings is 2. The lowest BCUT2D eigenvalue weighted by Gasteiger charge is -2.30. The normalized spacial score (nSPS) is 14.0. The maximum Gasteiger partial charge on any atom is 0.243 e. The fraction of sp³-hybridized carbons (Fsp3) is 0.316. The molecule has 2 aromatic rings. The molecule has 2 N–H and O–H groups in total. The van der Waals surface area contributed by atoms with Gasteiger partial charge in [0.1, 0.15) is 0 Å². The van der Waals surface area contributed by atoms with Crippen LogP contribution in [0, 0.1) is 6.92 Å². The minimum atomic E-state index is -3.57. The third-order valence-corrected chi connectivity index (χ3v) is 6.13. The van der Waals surface area contributed by atoms with Crippen molar-refractivity contribution in [3.05, 3.63) is 53.6 Å². The molecule has 0 radical (unpaired) electrons. The molecule has 0 unspecified atom stereocenters. The molecule has 0 aliphatic carbocycles. The first kappa shape index (κ1) is 18.4. The van der Waals surface area contributed by atoms with Crippen LogP contribution in [-0.4, -0.2) is 34.5 Å². The van der Waals surface area contributed by atoms with Crippen LogP contribution in [-0.2, 0) is 21.2 Å². The third-order valence-electron chi connectivity index (χ3n) is 4.57. The number of hydrogen-bond acceptors (Lipinski definition) is 4. The number of anilines is 2. The first-order chi connectivity index (χ1) is 12.4. The van der Waals surface area contributed by atoms with Crippen LogP contribution in [0.1, 0.15) is 17.5 Å². The lowest BCUT2D eigenvalue weighted by molar-refractivity contribution is -0.115. The predicted octanol–water partition coefficient (Wildman–Crippen LogP) is 2.29. The van der Waals surface area contributed by atoms with E-state index >= 15 is 0 Å². The molecule has 0 fully saturated rings. The number of carbonyl (C=O) groups is 1. The van der Waals surface area contributed by atoms with Crippen molar-refractivity contribution in [1.29, 1.82) is 0 Å². The first-order valence-electron chi connectivity index (χ1n) is 8.57. The van der Waals surface area contributed by atoms with E-state index in [1.165, 1.54) is 18.7 Å². The summed E-state index contributed by atoms with van der Waals surface area (Å²) in [7, 11) is -2.20. The lowest BCUT2D eigenvalue weighted by Crippen LogP contribution is -2.36. The number of aryl methyl sites for hydroxylation is 2. The van der Waals surface area contributed by atoms with Gasteiger partial charge in [0.05, 0.1) is 11.4 Å². The van der Waals surface area contributed by atoms with Crippen molar-refractivity contribution in [3.8, 4) is 0 Å². The number of nitrogens with zero attached hydrogens (tertiary/aromatic N) is 1. The number of sulfonamides is 1. The summed E-state index contributed by atoms with van der Waals surface area (Å²) < 4.78 is 26.5. The van der Waals surface area contributed by atoms with Crippen molar-refractivity contribution in [2.75, 3.05) is 30.4 Å². The standard InChI is InChI=1S/C19H23N3O3S/c1-14-9-10-16(12-18(14)26(24,25)20-2)21-19(23)13-22-11-5-7-15-6-3-4-8-17(15)22/h3-4,6,8-10,12,20H,5,7,11,13H2,1-2H3,(H,21,23). The molecular formula is C19H23N3O3S. The van der Waals surface area contributed by atoms with Crippen LogP contribution in [0.4, 0.5) is 11.4 Å². The molecular weight excluding hydrogens is 350 g/mol. The highest BCUT2D eigenvalue weighted by atomic mass is 32.2. The number of hydrogen-bond donors (Lipinski definition) is 2. The smallest absolute Gasteiger partial charge is 0.243 e. The van der Waals surface area contributed by atoms with Crippen LogP contribution in [0.2, 0.25) is 0 Å². The van der Waals surface area contributed by atoms with Crippen LogP contribution in [0.15, 0.2) is 47.4 Å². The Hall–Kier alpha value is -2.38. The van der Waals surface area contributed by atoms with Crippen LogP contribution < -0.4 is 14.9 Å². The topological polar surface area (TPSA) is 78.5 Å². The molecule has 3 rings (SSSR count). The summed E-state index contributed by atoms with van der Waals surface area (Å²) in [4.78, 5) is 14.7. The second kappa shape index (κ2) is 7.47. The van der Waals surface area contributed by atoms with Gasteiger partial charge in [0.15, 0.2) is 0 Å². The molecule has 1 aliphatic rings. The Morgan fingerprint density at radius 2 is 1.96 bits per heavy atom. The van der Waals surface area contributed by atoms with Gasteiger partial charge in [-0.3, -0.25) is 4.79 Å². The van der Waals surface area contributed by atoms with E-state index in [2.05, 4.69) is 21.0 Å². The van der Waals surface area contributed by atoms with Gasteiger partial charge in [-0.15, -0.1) is 0 Å². The summed E-state index contributed by atoms with van der Waals surface area (Å²) in [6.45, 7) is 2.79. The Labute approximate surface area is 154 Å². The Morgan fingerprint density at radius 1 is 1.19 bits per heavy atom. The summed E-state index contributed by atoms with van der Waals surface area (Å²) in [6.07, 6.45) is 2.04. The SMILES string of the molecule is CNS(=O)(=O)c1cc(NC(=O)CN2CCCc3ccccc32)ccc1C. The number of para-hydroxylation sites is 1. The fourth-order valence-electron chi connectivity index (χ4n) is 3.23. The van der Waals surface area contributed by atoms with Gasteiger partial charge in [0, 0.05) is 17.9 Å². The molecule has 6 nitrogen and oxygen atoms in total. The van der Waals surface area contributed by atoms with Gasteiger partial charge >= 0.3 is 0 Å². The molecule has 7 heteroatoms. The van der Waals surface area contributed by atoms with Crippen molar-refractivity contribution in [3.63, 3.8) is 0 Å². The molecule has 2 aromatic carbocycles. The zero-order valence-corrected chi connectivity index (χ0v) is 15.8. The molecule has 1 amide bonds. The number of nitrogens with one attached hydrogen (secondary N) is 2. The number of amides is 1. The van der Waals surface area contributed by atoms with E-state index in [0.717, 1.165) is 25.1 Å². The summed E-state index contributed by atoms with van der Waals surface area (Å²) in [6, 6.07) is 13.0. The summed E-state index contributed by atoms with van der Waals surface area (Å²) >= 11 is 0. The fourth-order valence-corrected chi connectivity index (χ4v) is 4.22. The quantitative estimate of drug-likeness (QED) is 0.843. The molecule has 0 saturated carbocycles. The molecule has 1 aliphatic heterocycles. The second-order valence-corrected chi connectivity index (χ2v) is 8.24. The number of rotatable bonds is 5. The van der Waals surface area contributed by atoms with E-state index < -0.39 is 10.0 Å². The van der Waals surface area contributed by atoms with E-state index in [1.807, 2.05) is 18.2 Å². The van der Waals surface area contributed by atoms with E-state index in [1.54, 1.807) is 19.1 Å². The predicted molar refractivity (Wildman–Crippen MR) is 103 cm³/mol. The summed E-state index contributed by atoms with van der Waals surface area (Å²) in [5, 5.41) is 2.81. The van der Waals surface area contributed by atoms with Crippen molar-refractivity contribution >= 4 is 27.3 Å². The van der Waals surface area contributed by atoms with E-state index in [-0.39, 0.29) is 17.3 Å². The largest absolute Gasteiger partial charge is 0.362 e. The van der Waals surface area contributed by atoms with Crippen LogP contribution in [0.25, 0.3) is 0 Å². The van der Waals surface area contributed by atoms with E-state index in [4.69, 9.17) is 0 Å². The molecule has 0 atom stereocenters. The summed E-state index contributed by atoms with van der Waals surface area (Å²) in [5.74, 6) is -0.168. The summed E-state index contributed by atoms with van der Waals surface area (Å²) in [5.41, 5.74) is 3.45. The zero-order chi connectivity index (χ0) is 18.7. The van der Waals surface area contributed by atoms with Gasteiger partial charge in [-0.05, 0) is 56.1 Å². The van der Waals surface area contributed by atoms with E-state index in [9.17, 15) is 13.2 Å². The Kier molecular flexibility index (Phi) is 5.29. The molecule has 0 spiro atoms.